The third-order valence-electron chi connectivity index (χ3n) is 4.17. The maximum Gasteiger partial charge on any atom is 0.293 e. The summed E-state index contributed by atoms with van der Waals surface area (Å²) >= 11 is 0. The smallest absolute Gasteiger partial charge is 0.293 e. The zero-order valence-corrected chi connectivity index (χ0v) is 12.0. The van der Waals surface area contributed by atoms with Crippen molar-refractivity contribution in [3.8, 4) is 0 Å². The Hall–Kier alpha value is -2.38. The Kier molecular flexibility index (Phi) is 2.97. The third-order valence-corrected chi connectivity index (χ3v) is 4.17. The second-order valence-corrected chi connectivity index (χ2v) is 5.89. The number of rotatable bonds is 2. The highest BCUT2D eigenvalue weighted by Gasteiger charge is 2.48. The lowest BCUT2D eigenvalue weighted by Gasteiger charge is -2.37. The Balaban J connectivity index is 1.62. The molecule has 4 rings (SSSR count). The van der Waals surface area contributed by atoms with Gasteiger partial charge in [0, 0.05) is 6.42 Å². The molecule has 23 heavy (non-hydrogen) atoms. The van der Waals surface area contributed by atoms with Crippen molar-refractivity contribution in [2.24, 2.45) is 0 Å². The molecule has 1 saturated heterocycles. The Morgan fingerprint density at radius 2 is 1.91 bits per heavy atom. The number of hydrogen-bond acceptors (Lipinski definition) is 3. The number of hydrogen-bond donors (Lipinski definition) is 0. The first-order chi connectivity index (χ1) is 10.9. The summed E-state index contributed by atoms with van der Waals surface area (Å²) in [6, 6.07) is 8.90. The van der Waals surface area contributed by atoms with Gasteiger partial charge in [-0.05, 0) is 5.56 Å². The van der Waals surface area contributed by atoms with Gasteiger partial charge in [0.1, 0.15) is 0 Å². The van der Waals surface area contributed by atoms with Gasteiger partial charge in [0.25, 0.3) is 11.8 Å². The van der Waals surface area contributed by atoms with Crippen LogP contribution in [0.3, 0.4) is 0 Å². The van der Waals surface area contributed by atoms with E-state index in [-0.39, 0.29) is 24.1 Å². The van der Waals surface area contributed by atoms with Crippen LogP contribution < -0.4 is 0 Å². The molecule has 2 aromatic rings. The second-order valence-electron chi connectivity index (χ2n) is 5.89. The predicted molar refractivity (Wildman–Crippen MR) is 73.9 cm³/mol. The van der Waals surface area contributed by atoms with Crippen LogP contribution in [-0.2, 0) is 0 Å². The average molecular weight is 322 g/mol. The molecule has 1 aromatic heterocycles. The minimum Gasteiger partial charge on any atom is -0.324 e. The van der Waals surface area contributed by atoms with E-state index in [1.807, 2.05) is 30.3 Å². The van der Waals surface area contributed by atoms with Crippen LogP contribution in [0.25, 0.3) is 0 Å². The number of halogens is 3. The highest BCUT2D eigenvalue weighted by atomic mass is 19.3. The van der Waals surface area contributed by atoms with Gasteiger partial charge in [-0.2, -0.15) is 0 Å². The predicted octanol–water partition coefficient (Wildman–Crippen LogP) is 2.37. The van der Waals surface area contributed by atoms with E-state index < -0.39 is 31.1 Å². The molecule has 0 spiro atoms. The summed E-state index contributed by atoms with van der Waals surface area (Å²) in [5.41, 5.74) is 0.869. The van der Waals surface area contributed by atoms with Crippen molar-refractivity contribution in [1.29, 1.82) is 0 Å². The molecule has 0 aliphatic carbocycles. The zero-order chi connectivity index (χ0) is 16.2. The van der Waals surface area contributed by atoms with Gasteiger partial charge in [0.05, 0.1) is 19.1 Å². The zero-order valence-electron chi connectivity index (χ0n) is 12.0. The standard InChI is InChI=1S/C15H13F3N4O/c16-10-6-11(9-4-2-1-3-5-9)22-13(10)19-12(20-22)14(23)21-7-15(17,18)8-21/h1-5,10-11H,6-8H2/t10-,11-/m0/s1. The van der Waals surface area contributed by atoms with E-state index in [1.54, 1.807) is 0 Å². The minimum atomic E-state index is -2.85. The third kappa shape index (κ3) is 2.29. The van der Waals surface area contributed by atoms with E-state index in [0.29, 0.717) is 0 Å². The molecule has 0 N–H and O–H groups in total. The molecule has 3 heterocycles. The number of fused-ring (bicyclic) bond motifs is 1. The fraction of sp³-hybridized carbons (Fsp3) is 0.400. The van der Waals surface area contributed by atoms with Gasteiger partial charge >= 0.3 is 0 Å². The van der Waals surface area contributed by atoms with Gasteiger partial charge in [-0.15, -0.1) is 5.10 Å². The molecular formula is C15H13F3N4O. The topological polar surface area (TPSA) is 51.0 Å². The Morgan fingerprint density at radius 1 is 1.22 bits per heavy atom. The van der Waals surface area contributed by atoms with E-state index in [2.05, 4.69) is 10.1 Å². The first-order valence-corrected chi connectivity index (χ1v) is 7.27. The van der Waals surface area contributed by atoms with Gasteiger partial charge in [-0.1, -0.05) is 30.3 Å². The first-order valence-electron chi connectivity index (χ1n) is 7.27. The van der Waals surface area contributed by atoms with Gasteiger partial charge in [-0.25, -0.2) is 22.8 Å². The molecule has 5 nitrogen and oxygen atoms in total. The molecule has 0 radical (unpaired) electrons. The van der Waals surface area contributed by atoms with Crippen molar-refractivity contribution in [2.75, 3.05) is 13.1 Å². The lowest BCUT2D eigenvalue weighted by Crippen LogP contribution is -2.58. The molecule has 0 saturated carbocycles. The van der Waals surface area contributed by atoms with Crippen LogP contribution in [0, 0.1) is 0 Å². The van der Waals surface area contributed by atoms with E-state index >= 15 is 0 Å². The van der Waals surface area contributed by atoms with Crippen molar-refractivity contribution in [3.63, 3.8) is 0 Å². The average Bonchev–Trinajstić information content (AvgIpc) is 3.06. The highest BCUT2D eigenvalue weighted by molar-refractivity contribution is 5.91. The summed E-state index contributed by atoms with van der Waals surface area (Å²) in [6.45, 7) is -1.28. The number of aromatic nitrogens is 3. The van der Waals surface area contributed by atoms with Crippen molar-refractivity contribution >= 4 is 5.91 Å². The molecular weight excluding hydrogens is 309 g/mol. The molecule has 2 atom stereocenters. The van der Waals surface area contributed by atoms with Crippen LogP contribution >= 0.6 is 0 Å². The Bertz CT molecular complexity index is 753. The largest absolute Gasteiger partial charge is 0.324 e. The monoisotopic (exact) mass is 322 g/mol. The molecule has 1 amide bonds. The van der Waals surface area contributed by atoms with E-state index in [1.165, 1.54) is 4.68 Å². The van der Waals surface area contributed by atoms with Crippen LogP contribution in [0.4, 0.5) is 13.2 Å². The fourth-order valence-corrected chi connectivity index (χ4v) is 3.02. The van der Waals surface area contributed by atoms with E-state index in [4.69, 9.17) is 0 Å². The molecule has 120 valence electrons. The number of benzene rings is 1. The molecule has 2 aliphatic heterocycles. The summed E-state index contributed by atoms with van der Waals surface area (Å²) in [4.78, 5) is 17.0. The van der Waals surface area contributed by atoms with Gasteiger partial charge in [-0.3, -0.25) is 4.79 Å². The lowest BCUT2D eigenvalue weighted by atomic mass is 10.0. The van der Waals surface area contributed by atoms with Gasteiger partial charge in [0.15, 0.2) is 12.0 Å². The van der Waals surface area contributed by atoms with Gasteiger partial charge in [0.2, 0.25) is 5.82 Å². The summed E-state index contributed by atoms with van der Waals surface area (Å²) in [5, 5.41) is 4.08. The molecule has 0 bridgehead atoms. The number of likely N-dealkylation sites (tertiary alicyclic amines) is 1. The summed E-state index contributed by atoms with van der Waals surface area (Å²) in [7, 11) is 0. The number of carbonyl (C=O) groups excluding carboxylic acids is 1. The second kappa shape index (κ2) is 4.81. The quantitative estimate of drug-likeness (QED) is 0.853. The Labute approximate surface area is 129 Å². The van der Waals surface area contributed by atoms with Crippen LogP contribution in [0.1, 0.15) is 40.6 Å². The number of carbonyl (C=O) groups is 1. The maximum atomic E-state index is 14.2. The van der Waals surface area contributed by atoms with Crippen LogP contribution in [-0.4, -0.2) is 44.6 Å². The summed E-state index contributed by atoms with van der Waals surface area (Å²) < 4.78 is 41.3. The van der Waals surface area contributed by atoms with Crippen LogP contribution in [0.2, 0.25) is 0 Å². The normalized spacial score (nSPS) is 25.1. The molecule has 1 fully saturated rings. The van der Waals surface area contributed by atoms with Crippen LogP contribution in [0.15, 0.2) is 30.3 Å². The lowest BCUT2D eigenvalue weighted by molar-refractivity contribution is -0.113. The first kappa shape index (κ1) is 14.2. The SMILES string of the molecule is O=C(c1nc2n(n1)[C@H](c1ccccc1)C[C@@H]2F)N1CC(F)(F)C1. The Morgan fingerprint density at radius 3 is 2.57 bits per heavy atom. The summed E-state index contributed by atoms with van der Waals surface area (Å²) in [5.74, 6) is -3.68. The van der Waals surface area contributed by atoms with Crippen molar-refractivity contribution in [2.45, 2.75) is 24.6 Å². The van der Waals surface area contributed by atoms with Crippen LogP contribution in [0.5, 0.6) is 0 Å². The number of nitrogens with zero attached hydrogens (tertiary/aromatic N) is 4. The van der Waals surface area contributed by atoms with Crippen molar-refractivity contribution < 1.29 is 18.0 Å². The molecule has 2 aliphatic rings. The van der Waals surface area contributed by atoms with E-state index in [0.717, 1.165) is 10.5 Å². The fourth-order valence-electron chi connectivity index (χ4n) is 3.02. The molecule has 8 heteroatoms. The van der Waals surface area contributed by atoms with Crippen molar-refractivity contribution in [1.82, 2.24) is 19.7 Å². The number of amides is 1. The summed E-state index contributed by atoms with van der Waals surface area (Å²) in [6.07, 6.45) is -1.12. The highest BCUT2D eigenvalue weighted by Crippen LogP contribution is 2.39. The molecule has 1 aromatic carbocycles. The minimum absolute atomic E-state index is 0.0782. The molecule has 0 unspecified atom stereocenters. The van der Waals surface area contributed by atoms with Gasteiger partial charge < -0.3 is 4.90 Å². The van der Waals surface area contributed by atoms with E-state index in [9.17, 15) is 18.0 Å². The maximum absolute atomic E-state index is 14.2. The van der Waals surface area contributed by atoms with Crippen molar-refractivity contribution in [3.05, 3.63) is 47.5 Å². The number of alkyl halides is 3.